The van der Waals surface area contributed by atoms with Gasteiger partial charge < -0.3 is 76.3 Å². The van der Waals surface area contributed by atoms with Gasteiger partial charge in [0.25, 0.3) is 11.4 Å². The number of halogens is 2. The molecule has 0 bridgehead atoms. The zero-order valence-corrected chi connectivity index (χ0v) is 80.1. The van der Waals surface area contributed by atoms with Crippen LogP contribution in [0, 0.1) is 52.1 Å². The van der Waals surface area contributed by atoms with E-state index in [1.165, 1.54) is 17.2 Å². The largest absolute Gasteiger partial charge is 0.444 e. The van der Waals surface area contributed by atoms with Crippen molar-refractivity contribution in [3.05, 3.63) is 115 Å². The van der Waals surface area contributed by atoms with Gasteiger partial charge in [-0.2, -0.15) is 16.3 Å². The second-order valence-electron chi connectivity index (χ2n) is 39.3. The number of nitrogen functional groups attached to an aromatic ring is 2. The number of aromatic nitrogens is 2. The van der Waals surface area contributed by atoms with Crippen molar-refractivity contribution in [1.29, 1.82) is 5.26 Å². The molecule has 0 unspecified atom stereocenters. The van der Waals surface area contributed by atoms with Gasteiger partial charge in [-0.3, -0.25) is 20.2 Å². The predicted molar refractivity (Wildman–Crippen MR) is 472 cm³/mol. The first-order chi connectivity index (χ1) is 54.3. The van der Waals surface area contributed by atoms with Crippen LogP contribution in [0.5, 0.6) is 0 Å². The molecule has 4 aromatic carbocycles. The van der Waals surface area contributed by atoms with Crippen molar-refractivity contribution in [3.8, 4) is 4.98 Å². The van der Waals surface area contributed by atoms with Crippen LogP contribution < -0.4 is 33.2 Å². The number of benzene rings is 4. The molecule has 31 heteroatoms. The molecular formula is C87H133BrClN15O12SiZn. The number of nitrogens with two attached hydrogens (primary N) is 3. The van der Waals surface area contributed by atoms with Crippen LogP contribution in [0.3, 0.4) is 0 Å². The normalized spacial score (nSPS) is 23.5. The summed E-state index contributed by atoms with van der Waals surface area (Å²) in [6.07, 6.45) is 13.8. The van der Waals surface area contributed by atoms with Crippen LogP contribution in [-0.2, 0) is 64.2 Å². The van der Waals surface area contributed by atoms with Crippen molar-refractivity contribution in [2.24, 2.45) is 27.4 Å². The van der Waals surface area contributed by atoms with Crippen LogP contribution in [0.4, 0.5) is 59.3 Å². The minimum atomic E-state index is -1.39. The number of imidazole rings is 1. The molecule has 4 aliphatic heterocycles. The summed E-state index contributed by atoms with van der Waals surface area (Å²) in [5.41, 5.74) is 26.6. The van der Waals surface area contributed by atoms with Gasteiger partial charge in [-0.25, -0.2) is 24.2 Å². The van der Waals surface area contributed by atoms with Gasteiger partial charge in [0.1, 0.15) is 38.8 Å². The molecule has 4 aliphatic carbocycles. The first-order valence-corrected chi connectivity index (χ1v) is 46.4. The SMILES string of the molecule is CC(C)(C)OC(=O)N1CCC2(CC(Nc3cc(CN)ccc3[N+](=O)[O-])C2)C1.CC(C)(C)[Si](C)(C)Cl.CCc1ccc(N)c(NC2CC3(CCN(C(=O)OC(C)(C)C)C3)C2)c1.CCc1ccc([N+](=O)[O-])c(NC2CC3(CCN(C(=O)OC(C)(C)C)C3)C2)c1.CCc1ccc2nc(N)n(C3CC4(CCN(C(=O)OC(C)(C)C)C4)C3)c2c1.N#CBr.[Zn]. The van der Waals surface area contributed by atoms with Gasteiger partial charge in [0.05, 0.1) is 32.3 Å². The number of nitriles is 1. The van der Waals surface area contributed by atoms with E-state index in [0.29, 0.717) is 67.2 Å². The van der Waals surface area contributed by atoms with E-state index in [0.717, 1.165) is 156 Å². The summed E-state index contributed by atoms with van der Waals surface area (Å²) in [5, 5.41) is 40.4. The third-order valence-electron chi connectivity index (χ3n) is 23.9. The number of amides is 4. The van der Waals surface area contributed by atoms with Crippen molar-refractivity contribution in [1.82, 2.24) is 29.2 Å². The Morgan fingerprint density at radius 1 is 0.534 bits per heavy atom. The van der Waals surface area contributed by atoms with Crippen LogP contribution in [0.15, 0.2) is 72.8 Å². The third-order valence-corrected chi connectivity index (χ3v) is 29.1. The minimum Gasteiger partial charge on any atom is -0.444 e. The molecule has 8 fully saturated rings. The maximum atomic E-state index is 12.4. The van der Waals surface area contributed by atoms with Gasteiger partial charge in [0.15, 0.2) is 7.38 Å². The number of rotatable bonds is 13. The zero-order chi connectivity index (χ0) is 87.0. The zero-order valence-electron chi connectivity index (χ0n) is 73.8. The monoisotopic (exact) mass is 1790 g/mol. The molecule has 5 aromatic rings. The summed E-state index contributed by atoms with van der Waals surface area (Å²) < 4.78 is 24.2. The van der Waals surface area contributed by atoms with E-state index in [4.69, 9.17) is 52.5 Å². The molecule has 4 spiro atoms. The molecule has 0 radical (unpaired) electrons. The number of ether oxygens (including phenoxy) is 4. The van der Waals surface area contributed by atoms with E-state index < -0.39 is 29.8 Å². The Morgan fingerprint density at radius 3 is 1.14 bits per heavy atom. The Kier molecular flexibility index (Phi) is 32.2. The molecule has 9 N–H and O–H groups in total. The van der Waals surface area contributed by atoms with Gasteiger partial charge >= 0.3 is 24.4 Å². The summed E-state index contributed by atoms with van der Waals surface area (Å²) in [7, 11) is -1.39. The van der Waals surface area contributed by atoms with E-state index in [1.807, 2.05) is 112 Å². The molecule has 0 atom stereocenters. The van der Waals surface area contributed by atoms with Gasteiger partial charge in [-0.05, 0) is 265 Å². The van der Waals surface area contributed by atoms with Crippen LogP contribution >= 0.6 is 27.0 Å². The van der Waals surface area contributed by atoms with Crippen molar-refractivity contribution in [3.63, 3.8) is 0 Å². The molecule has 4 saturated heterocycles. The predicted octanol–water partition coefficient (Wildman–Crippen LogP) is 19.9. The molecular weight excluding hydrogens is 1660 g/mol. The van der Waals surface area contributed by atoms with Gasteiger partial charge in [0.2, 0.25) is 5.95 Å². The van der Waals surface area contributed by atoms with E-state index >= 15 is 0 Å². The Hall–Kier alpha value is -7.71. The fourth-order valence-corrected chi connectivity index (χ4v) is 16.8. The Morgan fingerprint density at radius 2 is 0.822 bits per heavy atom. The van der Waals surface area contributed by atoms with E-state index in [9.17, 15) is 39.4 Å². The quantitative estimate of drug-likeness (QED) is 0.0159. The molecule has 4 amide bonds. The summed E-state index contributed by atoms with van der Waals surface area (Å²) in [4.78, 5) is 84.4. The van der Waals surface area contributed by atoms with Crippen LogP contribution in [0.1, 0.15) is 230 Å². The number of carbonyl (C=O) groups excluding carboxylic acids is 4. The summed E-state index contributed by atoms with van der Waals surface area (Å²) in [6, 6.07) is 24.0. The van der Waals surface area contributed by atoms with E-state index in [2.05, 4.69) is 119 Å². The van der Waals surface area contributed by atoms with Crippen LogP contribution in [0.25, 0.3) is 11.0 Å². The smallest absolute Gasteiger partial charge is 0.410 e. The van der Waals surface area contributed by atoms with Crippen LogP contribution in [-0.4, -0.2) is 164 Å². The van der Waals surface area contributed by atoms with Crippen molar-refractivity contribution in [2.45, 2.75) is 292 Å². The molecule has 8 aliphatic rings. The number of nitrogens with zero attached hydrogens (tertiary/aromatic N) is 9. The van der Waals surface area contributed by atoms with Gasteiger partial charge in [0, 0.05) is 131 Å². The Bertz CT molecular complexity index is 4230. The molecule has 13 rings (SSSR count). The third kappa shape index (κ3) is 26.4. The number of aryl methyl sites for hydroxylation is 3. The van der Waals surface area contributed by atoms with Gasteiger partial charge in [-0.1, -0.05) is 78.9 Å². The standard InChI is InChI=1S/C21H30N4O2.C20H29N3O4.C20H31N3O2.C19H28N4O4.C6H15ClSi.CBrN.Zn/c1-5-14-6-7-16-17(10-14)25(18(22)23-16)15-11-21(12-15)8-9-24(13-21)19(26)27-20(2,3)4;1-5-14-6-7-17(23(25)26)16(10-14)21-15-11-20(12-15)8-9-22(13-20)18(24)27-19(2,3)4;1-5-14-6-7-16(21)17(10-14)22-15-11-20(12-15)8-9-23(13-20)18(24)25-19(2,3)4;1-18(2,3)27-17(24)22-7-6-19(12-22)9-14(10-19)21-15-8-13(11-20)4-5-16(15)23(25)26;1-6(2,3)8(4,5)7;2-1-3;/h6-7,10,15H,5,8-9,11-13H2,1-4H3,(H2,22,23);6-7,10,15,21H,5,8-9,11-13H2,1-4H3;6-7,10,15,22H,5,8-9,11-13,21H2,1-4H3;4-5,8,14,21H,6-7,9-12,20H2,1-3H3;1-5H3;;. The first kappa shape index (κ1) is 97.4. The number of nitro groups is 2. The fourth-order valence-electron chi connectivity index (χ4n) is 16.8. The maximum Gasteiger partial charge on any atom is 0.410 e. The maximum absolute atomic E-state index is 12.4. The van der Waals surface area contributed by atoms with E-state index in [-0.39, 0.29) is 98.8 Å². The number of nitro benzene ring substituents is 2. The molecule has 5 heterocycles. The first-order valence-electron chi connectivity index (χ1n) is 41.6. The number of likely N-dealkylation sites (tertiary alicyclic amines) is 4. The van der Waals surface area contributed by atoms with Crippen molar-refractivity contribution in [2.75, 3.05) is 79.8 Å². The molecule has 648 valence electrons. The second-order valence-corrected chi connectivity index (χ2v) is 46.9. The van der Waals surface area contributed by atoms with Crippen molar-refractivity contribution < 1.29 is 67.5 Å². The Balaban J connectivity index is 0.000000207. The van der Waals surface area contributed by atoms with Crippen LogP contribution in [0.2, 0.25) is 18.1 Å². The molecule has 118 heavy (non-hydrogen) atoms. The average Bonchev–Trinajstić information content (AvgIpc) is 1.60. The van der Waals surface area contributed by atoms with E-state index in [1.54, 1.807) is 39.0 Å². The number of hydrogen-bond donors (Lipinski definition) is 6. The number of hydrogen-bond acceptors (Lipinski definition) is 20. The molecule has 27 nitrogen and oxygen atoms in total. The minimum absolute atomic E-state index is 0. The van der Waals surface area contributed by atoms with Crippen molar-refractivity contribution >= 4 is 110 Å². The number of fused-ring (bicyclic) bond motifs is 1. The second kappa shape index (κ2) is 39.0. The summed E-state index contributed by atoms with van der Waals surface area (Å²) >= 11 is 8.60. The number of nitrogens with one attached hydrogen (secondary N) is 3. The fraction of sp³-hybridized carbons (Fsp3) is 0.655. The number of anilines is 5. The Labute approximate surface area is 726 Å². The molecule has 1 aromatic heterocycles. The topological polar surface area (TPSA) is 360 Å². The summed E-state index contributed by atoms with van der Waals surface area (Å²) in [6.45, 7) is 46.3. The van der Waals surface area contributed by atoms with Gasteiger partial charge in [-0.15, -0.1) is 0 Å². The number of carbonyl (C=O) groups is 4. The average molecular weight is 1790 g/mol. The summed E-state index contributed by atoms with van der Waals surface area (Å²) in [5.74, 6) is 0.597. The molecule has 4 saturated carbocycles.